The van der Waals surface area contributed by atoms with E-state index >= 15 is 0 Å². The van der Waals surface area contributed by atoms with Crippen molar-refractivity contribution in [2.24, 2.45) is 0 Å². The van der Waals surface area contributed by atoms with E-state index in [1.165, 1.54) is 60.9 Å². The lowest BCUT2D eigenvalue weighted by Gasteiger charge is -2.31. The van der Waals surface area contributed by atoms with Crippen LogP contribution in [0.5, 0.6) is 0 Å². The van der Waals surface area contributed by atoms with Crippen molar-refractivity contribution in [2.75, 3.05) is 14.7 Å². The Morgan fingerprint density at radius 2 is 0.424 bits per heavy atom. The van der Waals surface area contributed by atoms with Gasteiger partial charge < -0.3 is 14.7 Å². The van der Waals surface area contributed by atoms with Gasteiger partial charge in [-0.05, 0) is 165 Å². The van der Waals surface area contributed by atoms with Crippen molar-refractivity contribution < 1.29 is 0 Å². The zero-order chi connectivity index (χ0) is 45.9. The van der Waals surface area contributed by atoms with E-state index < -0.39 is 0 Å². The molecule has 3 nitrogen and oxygen atoms in total. The molecule has 0 heterocycles. The standard InChI is InChI=1S/C62H58BN3/c1-43-37-45(3)60(46(4)38-43)63(61-47(5)39-44(2)40-48(61)6)62-49(7)41-59(42-50(62)8)66(57-33-29-55(30-34-57)64(51-21-13-9-14-22-51)52-23-15-10-16-24-52)58-35-31-56(32-36-58)65(53-25-17-11-18-26-53)54-27-19-12-20-28-54/h9-42H,1-8H3. The van der Waals surface area contributed by atoms with Crippen molar-refractivity contribution in [3.05, 3.63) is 251 Å². The topological polar surface area (TPSA) is 9.72 Å². The third-order valence-corrected chi connectivity index (χ3v) is 13.0. The average molecular weight is 856 g/mol. The fraction of sp³-hybridized carbons (Fsp3) is 0.129. The van der Waals surface area contributed by atoms with Crippen LogP contribution in [0.4, 0.5) is 51.2 Å². The lowest BCUT2D eigenvalue weighted by atomic mass is 9.33. The first kappa shape index (κ1) is 43.7. The van der Waals surface area contributed by atoms with Gasteiger partial charge in [0.15, 0.2) is 0 Å². The van der Waals surface area contributed by atoms with Crippen LogP contribution in [-0.4, -0.2) is 6.71 Å². The molecule has 0 N–H and O–H groups in total. The van der Waals surface area contributed by atoms with Gasteiger partial charge in [0.2, 0.25) is 6.71 Å². The number of nitrogens with zero attached hydrogens (tertiary/aromatic N) is 3. The Morgan fingerprint density at radius 1 is 0.227 bits per heavy atom. The summed E-state index contributed by atoms with van der Waals surface area (Å²) in [5.41, 5.74) is 24.6. The number of rotatable bonds is 12. The summed E-state index contributed by atoms with van der Waals surface area (Å²) in [6, 6.07) is 74.8. The average Bonchev–Trinajstić information content (AvgIpc) is 3.31. The molecule has 0 bridgehead atoms. The number of benzene rings is 9. The van der Waals surface area contributed by atoms with Gasteiger partial charge in [-0.2, -0.15) is 0 Å². The fourth-order valence-corrected chi connectivity index (χ4v) is 10.4. The molecule has 0 spiro atoms. The molecule has 0 aliphatic heterocycles. The number of hydrogen-bond acceptors (Lipinski definition) is 3. The molecule has 324 valence electrons. The Morgan fingerprint density at radius 3 is 0.667 bits per heavy atom. The molecule has 0 aliphatic carbocycles. The molecule has 0 radical (unpaired) electrons. The molecule has 0 fully saturated rings. The molecule has 0 aliphatic rings. The molecule has 0 amide bonds. The van der Waals surface area contributed by atoms with Crippen LogP contribution in [0.15, 0.2) is 206 Å². The van der Waals surface area contributed by atoms with E-state index in [9.17, 15) is 0 Å². The van der Waals surface area contributed by atoms with Crippen molar-refractivity contribution in [1.29, 1.82) is 0 Å². The fourth-order valence-electron chi connectivity index (χ4n) is 10.4. The van der Waals surface area contributed by atoms with Crippen LogP contribution in [0, 0.1) is 55.4 Å². The predicted octanol–water partition coefficient (Wildman–Crippen LogP) is 15.1. The maximum Gasteiger partial charge on any atom is 0.243 e. The van der Waals surface area contributed by atoms with Crippen LogP contribution < -0.4 is 31.1 Å². The highest BCUT2D eigenvalue weighted by atomic mass is 15.2. The van der Waals surface area contributed by atoms with E-state index in [2.05, 4.69) is 276 Å². The Labute approximate surface area is 393 Å². The van der Waals surface area contributed by atoms with Gasteiger partial charge in [0.05, 0.1) is 0 Å². The first-order valence-electron chi connectivity index (χ1n) is 23.1. The summed E-state index contributed by atoms with van der Waals surface area (Å²) in [7, 11) is 0. The minimum atomic E-state index is 0.0798. The minimum absolute atomic E-state index is 0.0798. The minimum Gasteiger partial charge on any atom is -0.311 e. The molecule has 9 rings (SSSR count). The summed E-state index contributed by atoms with van der Waals surface area (Å²) in [4.78, 5) is 7.05. The van der Waals surface area contributed by atoms with Crippen molar-refractivity contribution >= 4 is 74.3 Å². The summed E-state index contributed by atoms with van der Waals surface area (Å²) in [6.45, 7) is 18.3. The van der Waals surface area contributed by atoms with Crippen LogP contribution in [-0.2, 0) is 0 Å². The second-order valence-electron chi connectivity index (χ2n) is 17.9. The molecular weight excluding hydrogens is 798 g/mol. The van der Waals surface area contributed by atoms with Crippen LogP contribution in [0.1, 0.15) is 44.5 Å². The van der Waals surface area contributed by atoms with Crippen LogP contribution in [0.2, 0.25) is 0 Å². The highest BCUT2D eigenvalue weighted by Crippen LogP contribution is 2.41. The SMILES string of the molecule is Cc1cc(C)c(B(c2c(C)cc(C)cc2C)c2c(C)cc(N(c3ccc(N(c4ccccc4)c4ccccc4)cc3)c3ccc(N(c4ccccc4)c4ccccc4)cc3)cc2C)c(C)c1. The Kier molecular flexibility index (Phi) is 12.5. The maximum absolute atomic E-state index is 2.42. The third-order valence-electron chi connectivity index (χ3n) is 13.0. The molecule has 9 aromatic carbocycles. The number of hydrogen-bond donors (Lipinski definition) is 0. The quantitative estimate of drug-likeness (QED) is 0.113. The molecule has 9 aromatic rings. The molecule has 0 aromatic heterocycles. The Hall–Kier alpha value is -7.56. The summed E-state index contributed by atoms with van der Waals surface area (Å²) in [6.07, 6.45) is 0. The number of anilines is 9. The zero-order valence-electron chi connectivity index (χ0n) is 39.5. The Bertz CT molecular complexity index is 2760. The molecule has 4 heteroatoms. The zero-order valence-corrected chi connectivity index (χ0v) is 39.5. The van der Waals surface area contributed by atoms with Gasteiger partial charge in [0, 0.05) is 51.2 Å². The van der Waals surface area contributed by atoms with Crippen molar-refractivity contribution in [3.8, 4) is 0 Å². The molecule has 0 unspecified atom stereocenters. The van der Waals surface area contributed by atoms with E-state index in [0.717, 1.165) is 51.2 Å². The van der Waals surface area contributed by atoms with Gasteiger partial charge in [-0.15, -0.1) is 0 Å². The highest BCUT2D eigenvalue weighted by molar-refractivity contribution is 6.97. The molecule has 0 saturated carbocycles. The third kappa shape index (κ3) is 8.80. The second kappa shape index (κ2) is 18.9. The lowest BCUT2D eigenvalue weighted by molar-refractivity contribution is 1.24. The summed E-state index contributed by atoms with van der Waals surface area (Å²) in [5, 5.41) is 0. The normalized spacial score (nSPS) is 11.0. The monoisotopic (exact) mass is 855 g/mol. The largest absolute Gasteiger partial charge is 0.311 e. The van der Waals surface area contributed by atoms with E-state index in [0.29, 0.717) is 0 Å². The molecular formula is C62H58BN3. The van der Waals surface area contributed by atoms with E-state index in [1.54, 1.807) is 0 Å². The van der Waals surface area contributed by atoms with Gasteiger partial charge in [-0.1, -0.05) is 158 Å². The van der Waals surface area contributed by atoms with Gasteiger partial charge in [0.25, 0.3) is 0 Å². The predicted molar refractivity (Wildman–Crippen MR) is 286 cm³/mol. The lowest BCUT2D eigenvalue weighted by Crippen LogP contribution is -2.57. The number of para-hydroxylation sites is 4. The number of aryl methyl sites for hydroxylation is 8. The molecule has 0 atom stereocenters. The molecule has 0 saturated heterocycles. The van der Waals surface area contributed by atoms with Crippen LogP contribution in [0.25, 0.3) is 0 Å². The second-order valence-corrected chi connectivity index (χ2v) is 17.9. The maximum atomic E-state index is 2.42. The van der Waals surface area contributed by atoms with Gasteiger partial charge in [-0.25, -0.2) is 0 Å². The van der Waals surface area contributed by atoms with E-state index in [4.69, 9.17) is 0 Å². The summed E-state index contributed by atoms with van der Waals surface area (Å²) in [5.74, 6) is 0. The first-order valence-corrected chi connectivity index (χ1v) is 23.1. The smallest absolute Gasteiger partial charge is 0.243 e. The van der Waals surface area contributed by atoms with Gasteiger partial charge in [0.1, 0.15) is 0 Å². The van der Waals surface area contributed by atoms with Crippen LogP contribution in [0.3, 0.4) is 0 Å². The van der Waals surface area contributed by atoms with E-state index in [-0.39, 0.29) is 6.71 Å². The Balaban J connectivity index is 1.21. The van der Waals surface area contributed by atoms with Crippen molar-refractivity contribution in [2.45, 2.75) is 55.4 Å². The molecule has 66 heavy (non-hydrogen) atoms. The van der Waals surface area contributed by atoms with Crippen LogP contribution >= 0.6 is 0 Å². The van der Waals surface area contributed by atoms with Crippen molar-refractivity contribution in [1.82, 2.24) is 0 Å². The van der Waals surface area contributed by atoms with Gasteiger partial charge >= 0.3 is 0 Å². The van der Waals surface area contributed by atoms with Gasteiger partial charge in [-0.3, -0.25) is 0 Å². The first-order chi connectivity index (χ1) is 32.0. The summed E-state index contributed by atoms with van der Waals surface area (Å²) >= 11 is 0. The summed E-state index contributed by atoms with van der Waals surface area (Å²) < 4.78 is 0. The van der Waals surface area contributed by atoms with E-state index in [1.807, 2.05) is 0 Å². The highest BCUT2D eigenvalue weighted by Gasteiger charge is 2.32. The van der Waals surface area contributed by atoms with Crippen molar-refractivity contribution in [3.63, 3.8) is 0 Å².